The van der Waals surface area contributed by atoms with Crippen molar-refractivity contribution in [1.82, 2.24) is 4.98 Å². The van der Waals surface area contributed by atoms with E-state index in [1.54, 1.807) is 18.2 Å². The molecule has 7 heteroatoms. The summed E-state index contributed by atoms with van der Waals surface area (Å²) in [5.41, 5.74) is 3.38. The molecule has 0 fully saturated rings. The Morgan fingerprint density at radius 2 is 1.90 bits per heavy atom. The number of hydrogen-bond acceptors (Lipinski definition) is 2. The van der Waals surface area contributed by atoms with Gasteiger partial charge in [-0.1, -0.05) is 48.7 Å². The molecule has 0 atom stereocenters. The highest BCUT2D eigenvalue weighted by Gasteiger charge is 2.21. The molecular weight excluding hydrogens is 416 g/mol. The number of carboxylic acids is 1. The number of furan rings is 1. The molecular formula is C22H16Cl2FNO3. The van der Waals surface area contributed by atoms with E-state index in [1.165, 1.54) is 24.3 Å². The lowest BCUT2D eigenvalue weighted by Crippen LogP contribution is -1.95. The summed E-state index contributed by atoms with van der Waals surface area (Å²) in [6, 6.07) is 10.8. The fourth-order valence-corrected chi connectivity index (χ4v) is 3.92. The number of aromatic amines is 1. The van der Waals surface area contributed by atoms with Gasteiger partial charge in [0.1, 0.15) is 11.4 Å². The van der Waals surface area contributed by atoms with Crippen LogP contribution in [0.4, 0.5) is 4.39 Å². The van der Waals surface area contributed by atoms with Gasteiger partial charge >= 0.3 is 5.97 Å². The maximum Gasteiger partial charge on any atom is 0.335 e. The normalized spacial score (nSPS) is 11.3. The Morgan fingerprint density at radius 1 is 1.17 bits per heavy atom. The molecule has 2 aromatic carbocycles. The van der Waals surface area contributed by atoms with E-state index in [0.29, 0.717) is 44.6 Å². The van der Waals surface area contributed by atoms with Gasteiger partial charge in [0.25, 0.3) is 0 Å². The zero-order chi connectivity index (χ0) is 20.7. The predicted molar refractivity (Wildman–Crippen MR) is 112 cm³/mol. The van der Waals surface area contributed by atoms with Crippen LogP contribution in [-0.4, -0.2) is 16.1 Å². The van der Waals surface area contributed by atoms with Crippen LogP contribution in [-0.2, 0) is 6.42 Å². The number of carboxylic acid groups (broad SMARTS) is 1. The fraction of sp³-hybridized carbons (Fsp3) is 0.136. The van der Waals surface area contributed by atoms with Gasteiger partial charge in [-0.25, -0.2) is 9.18 Å². The van der Waals surface area contributed by atoms with Crippen LogP contribution in [0.1, 0.15) is 29.3 Å². The number of benzene rings is 2. The molecule has 2 heterocycles. The number of hydrogen-bond donors (Lipinski definition) is 2. The zero-order valence-electron chi connectivity index (χ0n) is 15.4. The van der Waals surface area contributed by atoms with Crippen LogP contribution in [0.15, 0.2) is 46.9 Å². The topological polar surface area (TPSA) is 66.2 Å². The smallest absolute Gasteiger partial charge is 0.335 e. The molecule has 0 aliphatic carbocycles. The minimum Gasteiger partial charge on any atom is -0.478 e. The molecule has 0 bridgehead atoms. The van der Waals surface area contributed by atoms with Crippen LogP contribution in [0, 0.1) is 5.82 Å². The summed E-state index contributed by atoms with van der Waals surface area (Å²) < 4.78 is 20.0. The lowest BCUT2D eigenvalue weighted by atomic mass is 10.1. The van der Waals surface area contributed by atoms with Crippen molar-refractivity contribution < 1.29 is 18.7 Å². The van der Waals surface area contributed by atoms with Crippen LogP contribution in [0.3, 0.4) is 0 Å². The monoisotopic (exact) mass is 431 g/mol. The zero-order valence-corrected chi connectivity index (χ0v) is 16.9. The molecule has 29 heavy (non-hydrogen) atoms. The molecule has 0 radical (unpaired) electrons. The molecule has 2 N–H and O–H groups in total. The molecule has 0 aliphatic heterocycles. The third kappa shape index (κ3) is 3.52. The Labute approximate surface area is 175 Å². The number of H-pyrrole nitrogens is 1. The summed E-state index contributed by atoms with van der Waals surface area (Å²) in [7, 11) is 0. The maximum absolute atomic E-state index is 14.0. The number of aromatic carboxylic acids is 1. The van der Waals surface area contributed by atoms with Crippen molar-refractivity contribution in [3.63, 3.8) is 0 Å². The van der Waals surface area contributed by atoms with Crippen molar-refractivity contribution in [2.45, 2.75) is 19.8 Å². The van der Waals surface area contributed by atoms with E-state index in [1.807, 2.05) is 6.92 Å². The second-order valence-electron chi connectivity index (χ2n) is 6.73. The molecule has 0 saturated heterocycles. The highest BCUT2D eigenvalue weighted by Crippen LogP contribution is 2.41. The second-order valence-corrected chi connectivity index (χ2v) is 7.51. The number of halogens is 3. The second kappa shape index (κ2) is 7.58. The molecule has 0 spiro atoms. The minimum atomic E-state index is -1.00. The molecule has 148 valence electrons. The van der Waals surface area contributed by atoms with Gasteiger partial charge in [-0.05, 0) is 47.9 Å². The number of carbonyl (C=O) groups is 1. The van der Waals surface area contributed by atoms with E-state index in [0.717, 1.165) is 17.5 Å². The van der Waals surface area contributed by atoms with E-state index < -0.39 is 5.97 Å². The van der Waals surface area contributed by atoms with Crippen molar-refractivity contribution in [1.29, 1.82) is 0 Å². The molecule has 4 rings (SSSR count). The van der Waals surface area contributed by atoms with Crippen molar-refractivity contribution in [3.8, 4) is 22.7 Å². The van der Waals surface area contributed by atoms with Crippen LogP contribution in [0.5, 0.6) is 0 Å². The Bertz CT molecular complexity index is 1230. The number of rotatable bonds is 5. The van der Waals surface area contributed by atoms with E-state index in [2.05, 4.69) is 4.98 Å². The van der Waals surface area contributed by atoms with Gasteiger partial charge in [0.05, 0.1) is 27.0 Å². The number of aryl methyl sites for hydroxylation is 1. The highest BCUT2D eigenvalue weighted by atomic mass is 35.5. The van der Waals surface area contributed by atoms with Gasteiger partial charge in [-0.15, -0.1) is 0 Å². The summed E-state index contributed by atoms with van der Waals surface area (Å²) >= 11 is 12.9. The van der Waals surface area contributed by atoms with Gasteiger partial charge in [-0.2, -0.15) is 0 Å². The predicted octanol–water partition coefficient (Wildman–Crippen LogP) is 7.19. The Hall–Kier alpha value is -2.76. The Balaban J connectivity index is 1.81. The highest BCUT2D eigenvalue weighted by molar-refractivity contribution is 6.38. The summed E-state index contributed by atoms with van der Waals surface area (Å²) in [6.45, 7) is 2.01. The van der Waals surface area contributed by atoms with E-state index >= 15 is 0 Å². The van der Waals surface area contributed by atoms with Gasteiger partial charge in [-0.3, -0.25) is 0 Å². The quantitative estimate of drug-likeness (QED) is 0.351. The standard InChI is InChI=1S/C22H16Cl2FNO3/c1-2-3-13-8-14(25)9-15-18(24)21(29-20(13)15)17-10-16(23)19(26-17)11-4-6-12(7-5-11)22(27)28/h4-10,26H,2-3H2,1H3,(H,27,28). The number of nitrogens with one attached hydrogen (secondary N) is 1. The largest absolute Gasteiger partial charge is 0.478 e. The summed E-state index contributed by atoms with van der Waals surface area (Å²) in [6.07, 6.45) is 1.52. The third-order valence-electron chi connectivity index (χ3n) is 4.72. The van der Waals surface area contributed by atoms with E-state index in [-0.39, 0.29) is 11.4 Å². The Morgan fingerprint density at radius 3 is 2.55 bits per heavy atom. The van der Waals surface area contributed by atoms with Crippen LogP contribution in [0.25, 0.3) is 33.7 Å². The number of aromatic nitrogens is 1. The van der Waals surface area contributed by atoms with Gasteiger partial charge in [0.15, 0.2) is 5.76 Å². The van der Waals surface area contributed by atoms with Crippen LogP contribution >= 0.6 is 23.2 Å². The fourth-order valence-electron chi connectivity index (χ4n) is 3.37. The van der Waals surface area contributed by atoms with Gasteiger partial charge < -0.3 is 14.5 Å². The molecule has 0 saturated carbocycles. The van der Waals surface area contributed by atoms with E-state index in [9.17, 15) is 9.18 Å². The first-order valence-electron chi connectivity index (χ1n) is 9.02. The van der Waals surface area contributed by atoms with Crippen molar-refractivity contribution in [2.24, 2.45) is 0 Å². The lowest BCUT2D eigenvalue weighted by molar-refractivity contribution is 0.0697. The maximum atomic E-state index is 14.0. The summed E-state index contributed by atoms with van der Waals surface area (Å²) in [4.78, 5) is 14.2. The van der Waals surface area contributed by atoms with Crippen LogP contribution < -0.4 is 0 Å². The van der Waals surface area contributed by atoms with Crippen LogP contribution in [0.2, 0.25) is 10.0 Å². The first kappa shape index (κ1) is 19.6. The average molecular weight is 432 g/mol. The van der Waals surface area contributed by atoms with E-state index in [4.69, 9.17) is 32.7 Å². The van der Waals surface area contributed by atoms with Gasteiger partial charge in [0.2, 0.25) is 0 Å². The first-order valence-corrected chi connectivity index (χ1v) is 9.77. The lowest BCUT2D eigenvalue weighted by Gasteiger charge is -2.01. The minimum absolute atomic E-state index is 0.183. The SMILES string of the molecule is CCCc1cc(F)cc2c(Cl)c(-c3cc(Cl)c(-c4ccc(C(=O)O)cc4)[nH]3)oc12. The van der Waals surface area contributed by atoms with Crippen molar-refractivity contribution >= 4 is 40.1 Å². The van der Waals surface area contributed by atoms with Crippen molar-refractivity contribution in [3.05, 3.63) is 69.5 Å². The van der Waals surface area contributed by atoms with Crippen molar-refractivity contribution in [2.75, 3.05) is 0 Å². The molecule has 4 nitrogen and oxygen atoms in total. The first-order chi connectivity index (χ1) is 13.9. The molecule has 0 amide bonds. The summed E-state index contributed by atoms with van der Waals surface area (Å²) in [5.74, 6) is -0.988. The third-order valence-corrected chi connectivity index (χ3v) is 5.40. The average Bonchev–Trinajstić information content (AvgIpc) is 3.23. The molecule has 0 aliphatic rings. The number of fused-ring (bicyclic) bond motifs is 1. The summed E-state index contributed by atoms with van der Waals surface area (Å²) in [5, 5.41) is 10.3. The molecule has 2 aromatic heterocycles. The Kier molecular flexibility index (Phi) is 5.11. The molecule has 0 unspecified atom stereocenters. The molecule has 4 aromatic rings. The van der Waals surface area contributed by atoms with Gasteiger partial charge in [0, 0.05) is 5.39 Å².